The number of nitrogens with one attached hydrogen (secondary N) is 1. The maximum absolute atomic E-state index is 11.8. The number of hydrogen-bond donors (Lipinski definition) is 17. The van der Waals surface area contributed by atoms with E-state index < -0.39 is 192 Å². The zero-order valence-corrected chi connectivity index (χ0v) is 31.2. The van der Waals surface area contributed by atoms with Gasteiger partial charge in [-0.05, 0) is 0 Å². The van der Waals surface area contributed by atoms with Gasteiger partial charge >= 0.3 is 0 Å². The molecule has 0 saturated carbocycles. The van der Waals surface area contributed by atoms with E-state index in [1.54, 1.807) is 0 Å². The quantitative estimate of drug-likeness (QED) is 0.0770. The number of carbonyl (C=O) groups excluding carboxylic acids is 1. The molecule has 5 saturated heterocycles. The van der Waals surface area contributed by atoms with Crippen molar-refractivity contribution >= 4 is 5.91 Å². The Morgan fingerprint density at radius 1 is 0.441 bits per heavy atom. The minimum absolute atomic E-state index is 0.727. The number of hydrogen-bond acceptors (Lipinski definition) is 26. The van der Waals surface area contributed by atoms with Crippen LogP contribution in [0.25, 0.3) is 0 Å². The Labute approximate surface area is 333 Å². The molecule has 5 rings (SSSR count). The third-order valence-corrected chi connectivity index (χ3v) is 10.7. The monoisotopic (exact) mass is 869 g/mol. The van der Waals surface area contributed by atoms with Crippen molar-refractivity contribution in [2.45, 2.75) is 160 Å². The summed E-state index contributed by atoms with van der Waals surface area (Å²) in [4.78, 5) is 11.8. The maximum Gasteiger partial charge on any atom is 0.217 e. The second kappa shape index (κ2) is 20.8. The van der Waals surface area contributed by atoms with E-state index in [9.17, 15) is 86.5 Å². The maximum atomic E-state index is 11.8. The number of amides is 1. The van der Waals surface area contributed by atoms with E-state index in [-0.39, 0.29) is 0 Å². The summed E-state index contributed by atoms with van der Waals surface area (Å²) in [5.41, 5.74) is 0. The Kier molecular flexibility index (Phi) is 17.1. The number of aliphatic hydroxyl groups excluding tert-OH is 16. The fourth-order valence-electron chi connectivity index (χ4n) is 7.30. The fourth-order valence-corrected chi connectivity index (χ4v) is 7.30. The summed E-state index contributed by atoms with van der Waals surface area (Å²) in [5, 5.41) is 170. The molecule has 0 aromatic heterocycles. The fraction of sp³-hybridized carbons (Fsp3) is 0.969. The molecule has 0 spiro atoms. The molecular formula is C32H55NO26. The highest BCUT2D eigenvalue weighted by Gasteiger charge is 2.56. The lowest BCUT2D eigenvalue weighted by Crippen LogP contribution is -2.69. The van der Waals surface area contributed by atoms with Gasteiger partial charge in [0.05, 0.1) is 33.0 Å². The lowest BCUT2D eigenvalue weighted by Gasteiger charge is -2.49. The summed E-state index contributed by atoms with van der Waals surface area (Å²) in [7, 11) is 0. The van der Waals surface area contributed by atoms with Gasteiger partial charge in [-0.1, -0.05) is 0 Å². The van der Waals surface area contributed by atoms with Crippen LogP contribution < -0.4 is 5.32 Å². The van der Waals surface area contributed by atoms with Crippen LogP contribution in [0.2, 0.25) is 0 Å². The highest BCUT2D eigenvalue weighted by Crippen LogP contribution is 2.35. The first-order chi connectivity index (χ1) is 27.9. The SMILES string of the molecule is CC(=O)NC1C(O)OC(CO)[C@@H](O[C@@H]2OC(CO[C@H]3OC(CO)[C@@H](O)[C@H](O)C3O)[C@@H](O)[C@H](O[C@H]3O[C@@H](CO)[C@@H](O)C(O)C3O[C@H]3O[C@@H](CO)[C@@H](O)C(O)C3O)C2O)[C@@H]1O. The van der Waals surface area contributed by atoms with Crippen molar-refractivity contribution in [3.8, 4) is 0 Å². The normalized spacial score (nSPS) is 51.0. The second-order valence-electron chi connectivity index (χ2n) is 14.7. The summed E-state index contributed by atoms with van der Waals surface area (Å²) in [6.45, 7) is -3.40. The van der Waals surface area contributed by atoms with Crippen LogP contribution in [0.1, 0.15) is 6.92 Å². The van der Waals surface area contributed by atoms with Crippen LogP contribution in [0.4, 0.5) is 0 Å². The Bertz CT molecular complexity index is 1320. The van der Waals surface area contributed by atoms with Gasteiger partial charge in [-0.2, -0.15) is 0 Å². The van der Waals surface area contributed by atoms with Gasteiger partial charge in [-0.25, -0.2) is 0 Å². The average Bonchev–Trinajstić information content (AvgIpc) is 3.21. The molecule has 344 valence electrons. The number of ether oxygens (including phenoxy) is 9. The minimum Gasteiger partial charge on any atom is -0.394 e. The third-order valence-electron chi connectivity index (χ3n) is 10.7. The molecule has 59 heavy (non-hydrogen) atoms. The number of rotatable bonds is 14. The van der Waals surface area contributed by atoms with Crippen LogP contribution in [0, 0.1) is 0 Å². The molecule has 25 atom stereocenters. The van der Waals surface area contributed by atoms with Gasteiger partial charge in [0.25, 0.3) is 0 Å². The first-order valence-electron chi connectivity index (χ1n) is 18.6. The van der Waals surface area contributed by atoms with Crippen LogP contribution in [-0.4, -0.2) is 274 Å². The Balaban J connectivity index is 1.45. The Morgan fingerprint density at radius 3 is 1.42 bits per heavy atom. The van der Waals surface area contributed by atoms with E-state index in [0.29, 0.717) is 0 Å². The van der Waals surface area contributed by atoms with Crippen molar-refractivity contribution in [2.75, 3.05) is 33.0 Å². The molecule has 0 aliphatic carbocycles. The first-order valence-corrected chi connectivity index (χ1v) is 18.6. The van der Waals surface area contributed by atoms with E-state index >= 15 is 0 Å². The predicted molar refractivity (Wildman–Crippen MR) is 178 cm³/mol. The van der Waals surface area contributed by atoms with E-state index in [1.165, 1.54) is 0 Å². The van der Waals surface area contributed by atoms with Gasteiger partial charge in [0, 0.05) is 6.92 Å². The summed E-state index contributed by atoms with van der Waals surface area (Å²) in [6, 6.07) is -1.57. The summed E-state index contributed by atoms with van der Waals surface area (Å²) >= 11 is 0. The number of carbonyl (C=O) groups is 1. The molecule has 5 heterocycles. The van der Waals surface area contributed by atoms with Crippen molar-refractivity contribution in [1.82, 2.24) is 5.32 Å². The molecule has 5 fully saturated rings. The lowest BCUT2D eigenvalue weighted by molar-refractivity contribution is -0.396. The van der Waals surface area contributed by atoms with Gasteiger partial charge in [0.1, 0.15) is 122 Å². The first kappa shape index (κ1) is 48.5. The van der Waals surface area contributed by atoms with E-state index in [2.05, 4.69) is 5.32 Å². The van der Waals surface area contributed by atoms with Gasteiger partial charge in [0.15, 0.2) is 31.5 Å². The van der Waals surface area contributed by atoms with Gasteiger partial charge in [-0.3, -0.25) is 4.79 Å². The molecule has 5 aliphatic rings. The van der Waals surface area contributed by atoms with Crippen LogP contribution in [0.5, 0.6) is 0 Å². The van der Waals surface area contributed by atoms with Crippen LogP contribution in [0.15, 0.2) is 0 Å². The molecule has 27 heteroatoms. The molecule has 11 unspecified atom stereocenters. The van der Waals surface area contributed by atoms with Crippen molar-refractivity contribution in [3.05, 3.63) is 0 Å². The van der Waals surface area contributed by atoms with E-state index in [0.717, 1.165) is 6.92 Å². The largest absolute Gasteiger partial charge is 0.394 e. The van der Waals surface area contributed by atoms with Gasteiger partial charge < -0.3 is 130 Å². The molecular weight excluding hydrogens is 814 g/mol. The topological polar surface area (TPSA) is 436 Å². The molecule has 0 bridgehead atoms. The van der Waals surface area contributed by atoms with Crippen molar-refractivity contribution in [1.29, 1.82) is 0 Å². The van der Waals surface area contributed by atoms with Gasteiger partial charge in [-0.15, -0.1) is 0 Å². The van der Waals surface area contributed by atoms with Crippen LogP contribution in [-0.2, 0) is 47.4 Å². The molecule has 0 aromatic rings. The molecule has 27 nitrogen and oxygen atoms in total. The number of aliphatic hydroxyl groups is 16. The van der Waals surface area contributed by atoms with Crippen LogP contribution >= 0.6 is 0 Å². The Morgan fingerprint density at radius 2 is 0.881 bits per heavy atom. The van der Waals surface area contributed by atoms with Crippen LogP contribution in [0.3, 0.4) is 0 Å². The Hall–Kier alpha value is -1.53. The highest BCUT2D eigenvalue weighted by atomic mass is 16.8. The van der Waals surface area contributed by atoms with Crippen molar-refractivity contribution in [2.24, 2.45) is 0 Å². The second-order valence-corrected chi connectivity index (χ2v) is 14.7. The van der Waals surface area contributed by atoms with E-state index in [1.807, 2.05) is 0 Å². The molecule has 0 aromatic carbocycles. The standard InChI is InChI=1S/C32H55NO26/c1-7(38)33-13-18(43)25(11(5-37)52-28(13)50)57-31-24(49)26(17(42)12(56-31)6-51-29-22(47)19(44)14(39)8(2-34)53-29)58-32-27(21(46)16(41)10(4-36)55-32)59-30-23(48)20(45)15(40)9(3-35)54-30/h8-32,34-37,39-50H,2-6H2,1H3,(H,33,38)/t8?,9-,10-,11?,12?,13?,14+,15+,16+,17+,18+,19-,20?,21?,22?,23?,24?,25+,26-,27?,28?,29-,30+,31-,32+/m0/s1. The summed E-state index contributed by atoms with van der Waals surface area (Å²) < 4.78 is 50.4. The zero-order valence-electron chi connectivity index (χ0n) is 31.2. The zero-order chi connectivity index (χ0) is 43.6. The average molecular weight is 870 g/mol. The molecule has 5 aliphatic heterocycles. The lowest BCUT2D eigenvalue weighted by atomic mass is 9.95. The smallest absolute Gasteiger partial charge is 0.217 e. The van der Waals surface area contributed by atoms with Gasteiger partial charge in [0.2, 0.25) is 5.91 Å². The predicted octanol–water partition coefficient (Wildman–Crippen LogP) is -11.8. The van der Waals surface area contributed by atoms with E-state index in [4.69, 9.17) is 42.6 Å². The van der Waals surface area contributed by atoms with Crippen molar-refractivity contribution in [3.63, 3.8) is 0 Å². The molecule has 17 N–H and O–H groups in total. The molecule has 1 amide bonds. The summed E-state index contributed by atoms with van der Waals surface area (Å²) in [5.74, 6) is -0.727. The minimum atomic E-state index is -2.21. The highest BCUT2D eigenvalue weighted by molar-refractivity contribution is 5.73. The molecule has 0 radical (unpaired) electrons. The van der Waals surface area contributed by atoms with Crippen molar-refractivity contribution < 1.29 is 129 Å². The summed E-state index contributed by atoms with van der Waals surface area (Å²) in [6.07, 6.45) is -45.2. The third kappa shape index (κ3) is 10.3.